The lowest BCUT2D eigenvalue weighted by molar-refractivity contribution is 0.238. The molecule has 1 saturated heterocycles. The molecule has 0 aliphatic carbocycles. The molecule has 0 radical (unpaired) electrons. The molecule has 2 rings (SSSR count). The van der Waals surface area contributed by atoms with Gasteiger partial charge in [-0.05, 0) is 32.2 Å². The maximum Gasteiger partial charge on any atom is 0.185 e. The number of hydrogen-bond donors (Lipinski definition) is 1. The number of nitrogens with zero attached hydrogens (tertiary/aromatic N) is 2. The van der Waals surface area contributed by atoms with Gasteiger partial charge in [-0.15, -0.1) is 11.3 Å². The third kappa shape index (κ3) is 2.86. The number of nitrogens with one attached hydrogen (secondary N) is 1. The van der Waals surface area contributed by atoms with Crippen LogP contribution in [0.1, 0.15) is 51.0 Å². The largest absolute Gasteiger partial charge is 0.348 e. The van der Waals surface area contributed by atoms with Crippen LogP contribution < -0.4 is 10.2 Å². The fraction of sp³-hybridized carbons (Fsp3) is 0.786. The molecule has 1 aromatic rings. The van der Waals surface area contributed by atoms with E-state index in [4.69, 9.17) is 0 Å². The third-order valence-electron chi connectivity index (χ3n) is 4.47. The molecule has 0 bridgehead atoms. The van der Waals surface area contributed by atoms with Crippen molar-refractivity contribution in [2.24, 2.45) is 5.41 Å². The quantitative estimate of drug-likeness (QED) is 0.906. The maximum absolute atomic E-state index is 4.59. The van der Waals surface area contributed by atoms with Crippen molar-refractivity contribution in [3.8, 4) is 0 Å². The first-order chi connectivity index (χ1) is 8.58. The average molecular weight is 267 g/mol. The molecular formula is C14H25N3S. The van der Waals surface area contributed by atoms with Crippen molar-refractivity contribution < 1.29 is 0 Å². The van der Waals surface area contributed by atoms with Crippen molar-refractivity contribution in [1.82, 2.24) is 10.3 Å². The normalized spacial score (nSPS) is 21.0. The summed E-state index contributed by atoms with van der Waals surface area (Å²) in [6.07, 6.45) is 5.90. The summed E-state index contributed by atoms with van der Waals surface area (Å²) in [7, 11) is 2.00. The summed E-state index contributed by atoms with van der Waals surface area (Å²) in [5.74, 6) is 0. The van der Waals surface area contributed by atoms with Gasteiger partial charge in [0.15, 0.2) is 5.13 Å². The van der Waals surface area contributed by atoms with E-state index in [9.17, 15) is 0 Å². The van der Waals surface area contributed by atoms with Gasteiger partial charge >= 0.3 is 0 Å². The summed E-state index contributed by atoms with van der Waals surface area (Å²) in [4.78, 5) is 8.37. The van der Waals surface area contributed by atoms with Crippen LogP contribution >= 0.6 is 11.3 Å². The van der Waals surface area contributed by atoms with Crippen molar-refractivity contribution in [3.05, 3.63) is 11.1 Å². The van der Waals surface area contributed by atoms with Crippen molar-refractivity contribution in [2.45, 2.75) is 46.1 Å². The second-order valence-corrected chi connectivity index (χ2v) is 6.75. The zero-order chi connectivity index (χ0) is 13.2. The van der Waals surface area contributed by atoms with E-state index in [0.29, 0.717) is 11.5 Å². The van der Waals surface area contributed by atoms with Gasteiger partial charge < -0.3 is 10.2 Å². The Hall–Kier alpha value is -0.610. The first kappa shape index (κ1) is 13.8. The number of anilines is 1. The average Bonchev–Trinajstić information content (AvgIpc) is 2.88. The summed E-state index contributed by atoms with van der Waals surface area (Å²) in [6, 6.07) is 0.405. The standard InChI is InChI=1S/C14H25N3S/c1-5-14(3)6-8-17(9-7-14)13-16-10-12(18-13)11(2)15-4/h10-11,15H,5-9H2,1-4H3. The van der Waals surface area contributed by atoms with Gasteiger partial charge in [0, 0.05) is 30.2 Å². The SMILES string of the molecule is CCC1(C)CCN(c2ncc(C(C)NC)s2)CC1. The molecule has 4 heteroatoms. The smallest absolute Gasteiger partial charge is 0.185 e. The Morgan fingerprint density at radius 1 is 1.50 bits per heavy atom. The van der Waals surface area contributed by atoms with Crippen LogP contribution in [0.25, 0.3) is 0 Å². The van der Waals surface area contributed by atoms with Crippen LogP contribution in [0.3, 0.4) is 0 Å². The Labute approximate surface area is 115 Å². The fourth-order valence-electron chi connectivity index (χ4n) is 2.36. The zero-order valence-corrected chi connectivity index (χ0v) is 12.8. The maximum atomic E-state index is 4.59. The van der Waals surface area contributed by atoms with Crippen LogP contribution in [-0.2, 0) is 0 Å². The van der Waals surface area contributed by atoms with Gasteiger partial charge in [-0.3, -0.25) is 0 Å². The van der Waals surface area contributed by atoms with Gasteiger partial charge in [0.2, 0.25) is 0 Å². The van der Waals surface area contributed by atoms with Crippen LogP contribution in [-0.4, -0.2) is 25.1 Å². The van der Waals surface area contributed by atoms with E-state index < -0.39 is 0 Å². The Morgan fingerprint density at radius 2 is 2.17 bits per heavy atom. The van der Waals surface area contributed by atoms with Crippen LogP contribution in [0.15, 0.2) is 6.20 Å². The van der Waals surface area contributed by atoms with E-state index in [-0.39, 0.29) is 0 Å². The summed E-state index contributed by atoms with van der Waals surface area (Å²) < 4.78 is 0. The second kappa shape index (κ2) is 5.57. The van der Waals surface area contributed by atoms with E-state index >= 15 is 0 Å². The highest BCUT2D eigenvalue weighted by Crippen LogP contribution is 2.37. The van der Waals surface area contributed by atoms with Gasteiger partial charge in [-0.2, -0.15) is 0 Å². The second-order valence-electron chi connectivity index (χ2n) is 5.71. The molecule has 0 amide bonds. The van der Waals surface area contributed by atoms with E-state index in [1.807, 2.05) is 24.6 Å². The number of aromatic nitrogens is 1. The minimum Gasteiger partial charge on any atom is -0.348 e. The molecule has 0 aromatic carbocycles. The summed E-state index contributed by atoms with van der Waals surface area (Å²) in [5.41, 5.74) is 0.550. The molecule has 0 spiro atoms. The lowest BCUT2D eigenvalue weighted by atomic mass is 9.78. The summed E-state index contributed by atoms with van der Waals surface area (Å²) in [5, 5.41) is 4.47. The van der Waals surface area contributed by atoms with Gasteiger partial charge in [-0.1, -0.05) is 20.3 Å². The van der Waals surface area contributed by atoms with E-state index in [2.05, 4.69) is 36.0 Å². The highest BCUT2D eigenvalue weighted by Gasteiger charge is 2.29. The minimum atomic E-state index is 0.405. The molecule has 3 nitrogen and oxygen atoms in total. The molecule has 1 atom stereocenters. The van der Waals surface area contributed by atoms with Crippen LogP contribution in [0, 0.1) is 5.41 Å². The number of rotatable bonds is 4. The monoisotopic (exact) mass is 267 g/mol. The zero-order valence-electron chi connectivity index (χ0n) is 12.0. The highest BCUT2D eigenvalue weighted by atomic mass is 32.1. The molecule has 1 aliphatic rings. The molecule has 1 N–H and O–H groups in total. The highest BCUT2D eigenvalue weighted by molar-refractivity contribution is 7.15. The van der Waals surface area contributed by atoms with Crippen LogP contribution in [0.4, 0.5) is 5.13 Å². The summed E-state index contributed by atoms with van der Waals surface area (Å²) in [6.45, 7) is 9.23. The van der Waals surface area contributed by atoms with Crippen LogP contribution in [0.2, 0.25) is 0 Å². The number of thiazole rings is 1. The molecule has 1 aromatic heterocycles. The Morgan fingerprint density at radius 3 is 2.72 bits per heavy atom. The Kier molecular flexibility index (Phi) is 4.28. The van der Waals surface area contributed by atoms with Gasteiger partial charge in [0.25, 0.3) is 0 Å². The molecule has 0 saturated carbocycles. The number of piperidine rings is 1. The van der Waals surface area contributed by atoms with Gasteiger partial charge in [0.05, 0.1) is 0 Å². The first-order valence-electron chi connectivity index (χ1n) is 6.96. The third-order valence-corrected chi connectivity index (χ3v) is 5.71. The molecule has 2 heterocycles. The lowest BCUT2D eigenvalue weighted by Crippen LogP contribution is -2.38. The first-order valence-corrected chi connectivity index (χ1v) is 7.77. The van der Waals surface area contributed by atoms with E-state index in [1.54, 1.807) is 0 Å². The lowest BCUT2D eigenvalue weighted by Gasteiger charge is -2.38. The van der Waals surface area contributed by atoms with Gasteiger partial charge in [-0.25, -0.2) is 4.98 Å². The minimum absolute atomic E-state index is 0.405. The van der Waals surface area contributed by atoms with Crippen LogP contribution in [0.5, 0.6) is 0 Å². The molecule has 1 unspecified atom stereocenters. The van der Waals surface area contributed by atoms with Crippen molar-refractivity contribution >= 4 is 16.5 Å². The topological polar surface area (TPSA) is 28.2 Å². The predicted octanol–water partition coefficient (Wildman–Crippen LogP) is 3.44. The van der Waals surface area contributed by atoms with Crippen molar-refractivity contribution in [3.63, 3.8) is 0 Å². The number of hydrogen-bond acceptors (Lipinski definition) is 4. The van der Waals surface area contributed by atoms with Crippen molar-refractivity contribution in [1.29, 1.82) is 0 Å². The molecule has 1 aliphatic heterocycles. The predicted molar refractivity (Wildman–Crippen MR) is 79.4 cm³/mol. The van der Waals surface area contributed by atoms with E-state index in [1.165, 1.54) is 29.3 Å². The Balaban J connectivity index is 1.99. The molecule has 1 fully saturated rings. The Bertz CT molecular complexity index is 380. The van der Waals surface area contributed by atoms with Gasteiger partial charge in [0.1, 0.15) is 0 Å². The van der Waals surface area contributed by atoms with Crippen molar-refractivity contribution in [2.75, 3.05) is 25.0 Å². The van der Waals surface area contributed by atoms with E-state index in [0.717, 1.165) is 13.1 Å². The fourth-order valence-corrected chi connectivity index (χ4v) is 3.38. The molecule has 18 heavy (non-hydrogen) atoms. The molecule has 102 valence electrons. The summed E-state index contributed by atoms with van der Waals surface area (Å²) >= 11 is 1.83. The molecular weight excluding hydrogens is 242 g/mol.